The lowest BCUT2D eigenvalue weighted by atomic mass is 10.0. The van der Waals surface area contributed by atoms with E-state index in [4.69, 9.17) is 5.11 Å². The van der Waals surface area contributed by atoms with Gasteiger partial charge in [-0.3, -0.25) is 4.79 Å². The van der Waals surface area contributed by atoms with Gasteiger partial charge in [-0.2, -0.15) is 0 Å². The Hall–Kier alpha value is -0.220. The molecule has 0 spiro atoms. The van der Waals surface area contributed by atoms with Gasteiger partial charge in [0.2, 0.25) is 5.91 Å². The summed E-state index contributed by atoms with van der Waals surface area (Å²) in [6.07, 6.45) is 3.48. The van der Waals surface area contributed by atoms with E-state index >= 15 is 0 Å². The number of thioether (sulfide) groups is 1. The van der Waals surface area contributed by atoms with Crippen molar-refractivity contribution in [3.63, 3.8) is 0 Å². The molecule has 0 aromatic heterocycles. The van der Waals surface area contributed by atoms with Crippen LogP contribution in [0.15, 0.2) is 0 Å². The summed E-state index contributed by atoms with van der Waals surface area (Å²) in [6.45, 7) is 9.35. The molecule has 0 aromatic rings. The molecule has 4 heteroatoms. The van der Waals surface area contributed by atoms with Gasteiger partial charge >= 0.3 is 0 Å². The van der Waals surface area contributed by atoms with Crippen LogP contribution in [0, 0.1) is 5.92 Å². The number of amides is 1. The molecule has 0 bridgehead atoms. The summed E-state index contributed by atoms with van der Waals surface area (Å²) >= 11 is 1.62. The maximum Gasteiger partial charge on any atom is 0.236 e. The fraction of sp³-hybridized carbons (Fsp3) is 0.929. The zero-order chi connectivity index (χ0) is 13.7. The van der Waals surface area contributed by atoms with Crippen LogP contribution in [0.25, 0.3) is 0 Å². The Morgan fingerprint density at radius 2 is 2.06 bits per heavy atom. The van der Waals surface area contributed by atoms with Gasteiger partial charge in [0.15, 0.2) is 0 Å². The summed E-state index contributed by atoms with van der Waals surface area (Å²) in [4.78, 5) is 14.7. The molecule has 1 heterocycles. The van der Waals surface area contributed by atoms with Gasteiger partial charge in [-0.25, -0.2) is 0 Å². The van der Waals surface area contributed by atoms with Crippen molar-refractivity contribution in [3.8, 4) is 0 Å². The minimum atomic E-state index is -0.0206. The highest BCUT2D eigenvalue weighted by Crippen LogP contribution is 2.28. The van der Waals surface area contributed by atoms with E-state index in [0.717, 1.165) is 19.4 Å². The highest BCUT2D eigenvalue weighted by Gasteiger charge is 2.32. The molecular weight excluding hydrogens is 246 g/mol. The largest absolute Gasteiger partial charge is 0.395 e. The Labute approximate surface area is 115 Å². The molecular formula is C14H27NO2S. The molecule has 18 heavy (non-hydrogen) atoms. The SMILES string of the molecule is CC(C)[C@@H](S[C@H](C)CO)C(=O)N1CCCC[C@@H]1C. The Morgan fingerprint density at radius 3 is 2.56 bits per heavy atom. The van der Waals surface area contributed by atoms with E-state index in [1.165, 1.54) is 6.42 Å². The molecule has 3 nitrogen and oxygen atoms in total. The van der Waals surface area contributed by atoms with E-state index in [1.54, 1.807) is 11.8 Å². The van der Waals surface area contributed by atoms with Gasteiger partial charge in [-0.05, 0) is 32.1 Å². The van der Waals surface area contributed by atoms with Crippen molar-refractivity contribution in [2.24, 2.45) is 5.92 Å². The number of nitrogens with zero attached hydrogens (tertiary/aromatic N) is 1. The summed E-state index contributed by atoms with van der Waals surface area (Å²) in [6, 6.07) is 0.373. The van der Waals surface area contributed by atoms with Crippen molar-refractivity contribution >= 4 is 17.7 Å². The molecule has 0 unspecified atom stereocenters. The highest BCUT2D eigenvalue weighted by atomic mass is 32.2. The second-order valence-electron chi connectivity index (χ2n) is 5.67. The Bertz CT molecular complexity index is 271. The maximum absolute atomic E-state index is 12.6. The zero-order valence-electron chi connectivity index (χ0n) is 12.1. The van der Waals surface area contributed by atoms with Crippen molar-refractivity contribution in [1.29, 1.82) is 0 Å². The third-order valence-corrected chi connectivity index (χ3v) is 5.22. The minimum Gasteiger partial charge on any atom is -0.395 e. The molecule has 1 N–H and O–H groups in total. The molecule has 106 valence electrons. The first-order chi connectivity index (χ1) is 8.47. The summed E-state index contributed by atoms with van der Waals surface area (Å²) in [5.74, 6) is 0.577. The smallest absolute Gasteiger partial charge is 0.236 e. The number of aliphatic hydroxyl groups excluding tert-OH is 1. The molecule has 1 aliphatic rings. The van der Waals surface area contributed by atoms with E-state index < -0.39 is 0 Å². The van der Waals surface area contributed by atoms with Gasteiger partial charge in [0.05, 0.1) is 11.9 Å². The number of carbonyl (C=O) groups is 1. The lowest BCUT2D eigenvalue weighted by Gasteiger charge is -2.37. The van der Waals surface area contributed by atoms with Crippen LogP contribution in [0.2, 0.25) is 0 Å². The number of rotatable bonds is 5. The van der Waals surface area contributed by atoms with Crippen LogP contribution >= 0.6 is 11.8 Å². The van der Waals surface area contributed by atoms with Crippen molar-refractivity contribution in [2.45, 2.75) is 63.5 Å². The monoisotopic (exact) mass is 273 g/mol. The first kappa shape index (κ1) is 15.8. The number of hydrogen-bond acceptors (Lipinski definition) is 3. The summed E-state index contributed by atoms with van der Waals surface area (Å²) in [5, 5.41) is 9.27. The number of likely N-dealkylation sites (tertiary alicyclic amines) is 1. The van der Waals surface area contributed by atoms with Crippen LogP contribution in [-0.2, 0) is 4.79 Å². The average molecular weight is 273 g/mol. The van der Waals surface area contributed by atoms with E-state index in [1.807, 2.05) is 11.8 Å². The van der Waals surface area contributed by atoms with Crippen LogP contribution in [0.3, 0.4) is 0 Å². The van der Waals surface area contributed by atoms with E-state index in [-0.39, 0.29) is 23.0 Å². The first-order valence-electron chi connectivity index (χ1n) is 7.04. The molecule has 1 saturated heterocycles. The molecule has 0 aromatic carbocycles. The lowest BCUT2D eigenvalue weighted by Crippen LogP contribution is -2.47. The first-order valence-corrected chi connectivity index (χ1v) is 7.98. The molecule has 1 rings (SSSR count). The Kier molecular flexibility index (Phi) is 6.50. The Morgan fingerprint density at radius 1 is 1.39 bits per heavy atom. The topological polar surface area (TPSA) is 40.5 Å². The molecule has 0 aliphatic carbocycles. The standard InChI is InChI=1S/C14H27NO2S/c1-10(2)13(18-12(4)9-16)14(17)15-8-6-5-7-11(15)3/h10-13,16H,5-9H2,1-4H3/t11-,12+,13+/m0/s1. The second-order valence-corrected chi connectivity index (χ2v) is 7.26. The van der Waals surface area contributed by atoms with Gasteiger partial charge in [-0.1, -0.05) is 20.8 Å². The molecule has 0 radical (unpaired) electrons. The summed E-state index contributed by atoms with van der Waals surface area (Å²) in [5.41, 5.74) is 0. The zero-order valence-corrected chi connectivity index (χ0v) is 12.9. The summed E-state index contributed by atoms with van der Waals surface area (Å²) < 4.78 is 0. The van der Waals surface area contributed by atoms with Gasteiger partial charge in [0.25, 0.3) is 0 Å². The predicted molar refractivity (Wildman–Crippen MR) is 77.8 cm³/mol. The molecule has 1 fully saturated rings. The average Bonchev–Trinajstić information content (AvgIpc) is 2.35. The molecule has 3 atom stereocenters. The second kappa shape index (κ2) is 7.39. The van der Waals surface area contributed by atoms with E-state index in [9.17, 15) is 4.79 Å². The Balaban J connectivity index is 2.69. The third kappa shape index (κ3) is 4.16. The maximum atomic E-state index is 12.6. The van der Waals surface area contributed by atoms with Gasteiger partial charge in [0, 0.05) is 17.8 Å². The van der Waals surface area contributed by atoms with Gasteiger partial charge in [-0.15, -0.1) is 11.8 Å². The van der Waals surface area contributed by atoms with Crippen molar-refractivity contribution in [1.82, 2.24) is 4.90 Å². The normalized spacial score (nSPS) is 24.1. The minimum absolute atomic E-state index is 0.0206. The van der Waals surface area contributed by atoms with Gasteiger partial charge in [0.1, 0.15) is 0 Å². The van der Waals surface area contributed by atoms with Crippen LogP contribution < -0.4 is 0 Å². The third-order valence-electron chi connectivity index (χ3n) is 3.57. The van der Waals surface area contributed by atoms with E-state index in [0.29, 0.717) is 12.0 Å². The lowest BCUT2D eigenvalue weighted by molar-refractivity contribution is -0.134. The van der Waals surface area contributed by atoms with Crippen molar-refractivity contribution in [2.75, 3.05) is 13.2 Å². The fourth-order valence-electron chi connectivity index (χ4n) is 2.38. The van der Waals surface area contributed by atoms with E-state index in [2.05, 4.69) is 20.8 Å². The van der Waals surface area contributed by atoms with Crippen LogP contribution in [0.4, 0.5) is 0 Å². The van der Waals surface area contributed by atoms with Crippen LogP contribution in [0.1, 0.15) is 47.0 Å². The number of aliphatic hydroxyl groups is 1. The van der Waals surface area contributed by atoms with Gasteiger partial charge < -0.3 is 10.0 Å². The quantitative estimate of drug-likeness (QED) is 0.837. The number of hydrogen-bond donors (Lipinski definition) is 1. The predicted octanol–water partition coefficient (Wildman–Crippen LogP) is 2.53. The fourth-order valence-corrected chi connectivity index (χ4v) is 3.54. The number of piperidine rings is 1. The van der Waals surface area contributed by atoms with Crippen molar-refractivity contribution < 1.29 is 9.90 Å². The summed E-state index contributed by atoms with van der Waals surface area (Å²) in [7, 11) is 0. The molecule has 1 amide bonds. The molecule has 1 aliphatic heterocycles. The number of carbonyl (C=O) groups excluding carboxylic acids is 1. The van der Waals surface area contributed by atoms with Crippen LogP contribution in [0.5, 0.6) is 0 Å². The van der Waals surface area contributed by atoms with Crippen molar-refractivity contribution in [3.05, 3.63) is 0 Å². The van der Waals surface area contributed by atoms with Crippen LogP contribution in [-0.4, -0.2) is 45.6 Å². The molecule has 0 saturated carbocycles. The highest BCUT2D eigenvalue weighted by molar-refractivity contribution is 8.01.